The first kappa shape index (κ1) is 13.8. The number of aliphatic hydroxyl groups is 1. The van der Waals surface area contributed by atoms with E-state index in [1.54, 1.807) is 0 Å². The average molecular weight is 315 g/mol. The summed E-state index contributed by atoms with van der Waals surface area (Å²) in [5.74, 6) is 0.851. The van der Waals surface area contributed by atoms with E-state index in [1.807, 2.05) is 31.2 Å². The molecule has 2 rings (SSSR count). The van der Waals surface area contributed by atoms with Crippen molar-refractivity contribution in [3.63, 3.8) is 0 Å². The summed E-state index contributed by atoms with van der Waals surface area (Å²) in [5.41, 5.74) is -0.133. The van der Waals surface area contributed by atoms with Gasteiger partial charge in [0.15, 0.2) is 0 Å². The minimum Gasteiger partial charge on any atom is -0.494 e. The van der Waals surface area contributed by atoms with E-state index in [2.05, 4.69) is 15.9 Å². The van der Waals surface area contributed by atoms with Gasteiger partial charge in [0.1, 0.15) is 5.75 Å². The molecule has 0 radical (unpaired) electrons. The molecule has 1 aliphatic heterocycles. The maximum absolute atomic E-state index is 9.59. The third kappa shape index (κ3) is 3.05. The molecule has 4 heteroatoms. The lowest BCUT2D eigenvalue weighted by atomic mass is 9.80. The molecule has 0 bridgehead atoms. The minimum atomic E-state index is -0.133. The van der Waals surface area contributed by atoms with Crippen LogP contribution in [0.15, 0.2) is 28.7 Å². The van der Waals surface area contributed by atoms with Crippen molar-refractivity contribution < 1.29 is 14.6 Å². The molecular formula is C14H19BrO3. The van der Waals surface area contributed by atoms with Crippen LogP contribution in [-0.4, -0.2) is 31.0 Å². The second kappa shape index (κ2) is 6.04. The largest absolute Gasteiger partial charge is 0.494 e. The Bertz CT molecular complexity index is 396. The quantitative estimate of drug-likeness (QED) is 0.908. The van der Waals surface area contributed by atoms with Gasteiger partial charge in [-0.1, -0.05) is 22.0 Å². The van der Waals surface area contributed by atoms with E-state index in [-0.39, 0.29) is 18.1 Å². The smallest absolute Gasteiger partial charge is 0.120 e. The van der Waals surface area contributed by atoms with E-state index in [1.165, 1.54) is 0 Å². The molecule has 1 fully saturated rings. The summed E-state index contributed by atoms with van der Waals surface area (Å²) in [6, 6.07) is 7.79. The Hall–Kier alpha value is -0.580. The third-order valence-corrected chi connectivity index (χ3v) is 4.30. The van der Waals surface area contributed by atoms with Gasteiger partial charge in [0.05, 0.1) is 19.3 Å². The maximum atomic E-state index is 9.59. The van der Waals surface area contributed by atoms with Gasteiger partial charge in [0.2, 0.25) is 0 Å². The molecule has 100 valence electrons. The Morgan fingerprint density at radius 1 is 1.56 bits per heavy atom. The normalized spacial score (nSPS) is 27.4. The fourth-order valence-corrected chi connectivity index (χ4v) is 2.74. The Kier molecular flexibility index (Phi) is 4.65. The molecule has 2 atom stereocenters. The van der Waals surface area contributed by atoms with Crippen LogP contribution in [-0.2, 0) is 4.74 Å². The molecule has 3 nitrogen and oxygen atoms in total. The highest BCUT2D eigenvalue weighted by Crippen LogP contribution is 2.37. The molecule has 0 spiro atoms. The lowest BCUT2D eigenvalue weighted by Gasteiger charge is -2.29. The van der Waals surface area contributed by atoms with Crippen LogP contribution in [0.25, 0.3) is 0 Å². The molecule has 1 saturated heterocycles. The van der Waals surface area contributed by atoms with Gasteiger partial charge >= 0.3 is 0 Å². The Labute approximate surface area is 116 Å². The van der Waals surface area contributed by atoms with Crippen molar-refractivity contribution in [2.75, 3.05) is 19.8 Å². The predicted octanol–water partition coefficient (Wildman–Crippen LogP) is 3.01. The molecule has 1 aromatic carbocycles. The van der Waals surface area contributed by atoms with Crippen molar-refractivity contribution >= 4 is 15.9 Å². The number of hydrogen-bond acceptors (Lipinski definition) is 3. The SMILES string of the molecule is CC1OCCC1(CO)CCOc1cccc(Br)c1. The molecule has 1 N–H and O–H groups in total. The highest BCUT2D eigenvalue weighted by Gasteiger charge is 2.40. The molecule has 18 heavy (non-hydrogen) atoms. The van der Waals surface area contributed by atoms with Crippen LogP contribution in [0.2, 0.25) is 0 Å². The summed E-state index contributed by atoms with van der Waals surface area (Å²) in [4.78, 5) is 0. The first-order chi connectivity index (χ1) is 8.66. The van der Waals surface area contributed by atoms with Crippen molar-refractivity contribution in [1.29, 1.82) is 0 Å². The van der Waals surface area contributed by atoms with Crippen molar-refractivity contribution in [3.8, 4) is 5.75 Å². The predicted molar refractivity (Wildman–Crippen MR) is 73.8 cm³/mol. The summed E-state index contributed by atoms with van der Waals surface area (Å²) < 4.78 is 12.3. The zero-order valence-electron chi connectivity index (χ0n) is 10.6. The summed E-state index contributed by atoms with van der Waals surface area (Å²) >= 11 is 3.41. The minimum absolute atomic E-state index is 0.105. The maximum Gasteiger partial charge on any atom is 0.120 e. The molecule has 1 aliphatic rings. The van der Waals surface area contributed by atoms with Crippen molar-refractivity contribution in [2.24, 2.45) is 5.41 Å². The second-order valence-corrected chi connectivity index (χ2v) is 5.76. The number of rotatable bonds is 5. The number of halogens is 1. The standard InChI is InChI=1S/C14H19BrO3/c1-11-14(10-16,5-7-17-11)6-8-18-13-4-2-3-12(15)9-13/h2-4,9,11,16H,5-8,10H2,1H3. The molecule has 2 unspecified atom stereocenters. The van der Waals surface area contributed by atoms with Crippen LogP contribution >= 0.6 is 15.9 Å². The van der Waals surface area contributed by atoms with Gasteiger partial charge in [0, 0.05) is 16.5 Å². The van der Waals surface area contributed by atoms with E-state index in [0.29, 0.717) is 6.61 Å². The highest BCUT2D eigenvalue weighted by atomic mass is 79.9. The zero-order chi connectivity index (χ0) is 13.0. The van der Waals surface area contributed by atoms with E-state index in [4.69, 9.17) is 9.47 Å². The van der Waals surface area contributed by atoms with E-state index < -0.39 is 0 Å². The topological polar surface area (TPSA) is 38.7 Å². The molecule has 1 heterocycles. The van der Waals surface area contributed by atoms with Gasteiger partial charge in [-0.15, -0.1) is 0 Å². The van der Waals surface area contributed by atoms with E-state index >= 15 is 0 Å². The van der Waals surface area contributed by atoms with Gasteiger partial charge in [0.25, 0.3) is 0 Å². The van der Waals surface area contributed by atoms with Gasteiger partial charge < -0.3 is 14.6 Å². The van der Waals surface area contributed by atoms with Gasteiger partial charge in [-0.05, 0) is 38.0 Å². The summed E-state index contributed by atoms with van der Waals surface area (Å²) in [6.07, 6.45) is 1.83. The van der Waals surface area contributed by atoms with Crippen molar-refractivity contribution in [1.82, 2.24) is 0 Å². The lowest BCUT2D eigenvalue weighted by Crippen LogP contribution is -2.34. The Morgan fingerprint density at radius 2 is 2.39 bits per heavy atom. The number of ether oxygens (including phenoxy) is 2. The summed E-state index contributed by atoms with van der Waals surface area (Å²) in [7, 11) is 0. The third-order valence-electron chi connectivity index (χ3n) is 3.81. The molecular weight excluding hydrogens is 296 g/mol. The van der Waals surface area contributed by atoms with Gasteiger partial charge in [-0.25, -0.2) is 0 Å². The molecule has 0 amide bonds. The lowest BCUT2D eigenvalue weighted by molar-refractivity contribution is 0.0140. The van der Waals surface area contributed by atoms with Gasteiger partial charge in [-0.3, -0.25) is 0 Å². The Morgan fingerprint density at radius 3 is 3.00 bits per heavy atom. The van der Waals surface area contributed by atoms with E-state index in [9.17, 15) is 5.11 Å². The molecule has 0 saturated carbocycles. The molecule has 1 aromatic rings. The van der Waals surface area contributed by atoms with Crippen LogP contribution < -0.4 is 4.74 Å². The van der Waals surface area contributed by atoms with Gasteiger partial charge in [-0.2, -0.15) is 0 Å². The number of aliphatic hydroxyl groups excluding tert-OH is 1. The van der Waals surface area contributed by atoms with E-state index in [0.717, 1.165) is 29.7 Å². The van der Waals surface area contributed by atoms with Crippen molar-refractivity contribution in [2.45, 2.75) is 25.9 Å². The monoisotopic (exact) mass is 314 g/mol. The zero-order valence-corrected chi connectivity index (χ0v) is 12.1. The van der Waals surface area contributed by atoms with Crippen LogP contribution in [0.5, 0.6) is 5.75 Å². The van der Waals surface area contributed by atoms with Crippen LogP contribution in [0, 0.1) is 5.41 Å². The highest BCUT2D eigenvalue weighted by molar-refractivity contribution is 9.10. The fraction of sp³-hybridized carbons (Fsp3) is 0.571. The van der Waals surface area contributed by atoms with Crippen LogP contribution in [0.1, 0.15) is 19.8 Å². The molecule has 0 aliphatic carbocycles. The second-order valence-electron chi connectivity index (χ2n) is 4.84. The summed E-state index contributed by atoms with van der Waals surface area (Å²) in [6.45, 7) is 3.53. The first-order valence-corrected chi connectivity index (χ1v) is 7.06. The number of benzene rings is 1. The van der Waals surface area contributed by atoms with Crippen LogP contribution in [0.3, 0.4) is 0 Å². The fourth-order valence-electron chi connectivity index (χ4n) is 2.36. The van der Waals surface area contributed by atoms with Crippen LogP contribution in [0.4, 0.5) is 0 Å². The average Bonchev–Trinajstić information content (AvgIpc) is 2.72. The Balaban J connectivity index is 1.88. The van der Waals surface area contributed by atoms with Crippen molar-refractivity contribution in [3.05, 3.63) is 28.7 Å². The number of hydrogen-bond donors (Lipinski definition) is 1. The first-order valence-electron chi connectivity index (χ1n) is 6.27. The summed E-state index contributed by atoms with van der Waals surface area (Å²) in [5, 5.41) is 9.59. The molecule has 0 aromatic heterocycles.